The summed E-state index contributed by atoms with van der Waals surface area (Å²) in [6.45, 7) is 0.0936. The molecular weight excluding hydrogens is 374 g/mol. The molecule has 28 heavy (non-hydrogen) atoms. The van der Waals surface area contributed by atoms with Gasteiger partial charge in [0.25, 0.3) is 5.91 Å². The zero-order valence-corrected chi connectivity index (χ0v) is 15.6. The van der Waals surface area contributed by atoms with Crippen molar-refractivity contribution in [2.45, 2.75) is 0 Å². The summed E-state index contributed by atoms with van der Waals surface area (Å²) in [6, 6.07) is 18.9. The van der Waals surface area contributed by atoms with Crippen LogP contribution in [0.25, 0.3) is 20.7 Å². The van der Waals surface area contributed by atoms with Gasteiger partial charge in [-0.1, -0.05) is 36.4 Å². The zero-order valence-electron chi connectivity index (χ0n) is 14.8. The fourth-order valence-electron chi connectivity index (χ4n) is 2.74. The summed E-state index contributed by atoms with van der Waals surface area (Å²) >= 11 is 1.57. The number of aromatic nitrogens is 2. The third-order valence-electron chi connectivity index (χ3n) is 4.06. The maximum absolute atomic E-state index is 12.1. The number of benzene rings is 2. The van der Waals surface area contributed by atoms with Crippen molar-refractivity contribution in [1.29, 1.82) is 0 Å². The summed E-state index contributed by atoms with van der Waals surface area (Å²) in [5.74, 6) is 0.676. The van der Waals surface area contributed by atoms with Gasteiger partial charge in [-0.25, -0.2) is 9.97 Å². The van der Waals surface area contributed by atoms with Gasteiger partial charge in [-0.3, -0.25) is 4.79 Å². The van der Waals surface area contributed by atoms with Gasteiger partial charge in [0, 0.05) is 17.0 Å². The van der Waals surface area contributed by atoms with E-state index >= 15 is 0 Å². The molecule has 4 aromatic rings. The highest BCUT2D eigenvalue weighted by molar-refractivity contribution is 7.21. The number of nitrogens with zero attached hydrogens (tertiary/aromatic N) is 2. The van der Waals surface area contributed by atoms with Crippen LogP contribution in [0.1, 0.15) is 10.4 Å². The van der Waals surface area contributed by atoms with E-state index in [1.165, 1.54) is 6.33 Å². The highest BCUT2D eigenvalue weighted by Crippen LogP contribution is 2.37. The average Bonchev–Trinajstić information content (AvgIpc) is 3.18. The minimum absolute atomic E-state index is 0.108. The van der Waals surface area contributed by atoms with Crippen LogP contribution in [-0.4, -0.2) is 34.1 Å². The molecular formula is C21H17N3O3S. The molecule has 0 aliphatic heterocycles. The molecule has 0 aliphatic carbocycles. The Bertz CT molecular complexity index is 1110. The SMILES string of the molecule is O=C(NCCO)c1cccc(Oc2ncnc3sc(-c4ccccc4)cc23)c1. The molecule has 1 amide bonds. The highest BCUT2D eigenvalue weighted by Gasteiger charge is 2.13. The van der Waals surface area contributed by atoms with E-state index in [4.69, 9.17) is 9.84 Å². The number of carbonyl (C=O) groups excluding carboxylic acids is 1. The topological polar surface area (TPSA) is 84.3 Å². The summed E-state index contributed by atoms with van der Waals surface area (Å²) in [5, 5.41) is 12.3. The maximum Gasteiger partial charge on any atom is 0.251 e. The second-order valence-electron chi connectivity index (χ2n) is 5.98. The first-order valence-electron chi connectivity index (χ1n) is 8.71. The van der Waals surface area contributed by atoms with Crippen LogP contribution < -0.4 is 10.1 Å². The molecule has 140 valence electrons. The number of hydrogen-bond acceptors (Lipinski definition) is 6. The minimum atomic E-state index is -0.269. The number of amides is 1. The second-order valence-corrected chi connectivity index (χ2v) is 7.01. The lowest BCUT2D eigenvalue weighted by Gasteiger charge is -2.08. The molecule has 0 aliphatic rings. The smallest absolute Gasteiger partial charge is 0.251 e. The van der Waals surface area contributed by atoms with Gasteiger partial charge in [0.15, 0.2) is 0 Å². The summed E-state index contributed by atoms with van der Waals surface area (Å²) in [6.07, 6.45) is 1.47. The number of ether oxygens (including phenoxy) is 1. The predicted octanol–water partition coefficient (Wildman–Crippen LogP) is 3.87. The van der Waals surface area contributed by atoms with E-state index in [1.807, 2.05) is 36.4 Å². The Morgan fingerprint density at radius 1 is 1.07 bits per heavy atom. The van der Waals surface area contributed by atoms with Crippen LogP contribution in [0.5, 0.6) is 11.6 Å². The standard InChI is InChI=1S/C21H17N3O3S/c25-10-9-22-19(26)15-7-4-8-16(11-15)27-20-17-12-18(14-5-2-1-3-6-14)28-21(17)24-13-23-20/h1-8,11-13,25H,9-10H2,(H,22,26). The van der Waals surface area contributed by atoms with Crippen molar-refractivity contribution in [3.05, 3.63) is 72.6 Å². The minimum Gasteiger partial charge on any atom is -0.438 e. The van der Waals surface area contributed by atoms with Crippen molar-refractivity contribution in [2.75, 3.05) is 13.2 Å². The third kappa shape index (κ3) is 3.85. The van der Waals surface area contributed by atoms with Crippen LogP contribution in [0.2, 0.25) is 0 Å². The molecule has 4 rings (SSSR count). The fraction of sp³-hybridized carbons (Fsp3) is 0.0952. The van der Waals surface area contributed by atoms with Gasteiger partial charge in [0.05, 0.1) is 12.0 Å². The monoisotopic (exact) mass is 391 g/mol. The van der Waals surface area contributed by atoms with Gasteiger partial charge in [0.2, 0.25) is 5.88 Å². The first-order chi connectivity index (χ1) is 13.7. The number of thiophene rings is 1. The number of fused-ring (bicyclic) bond motifs is 1. The van der Waals surface area contributed by atoms with Gasteiger partial charge in [-0.15, -0.1) is 11.3 Å². The molecule has 2 N–H and O–H groups in total. The first-order valence-corrected chi connectivity index (χ1v) is 9.53. The van der Waals surface area contributed by atoms with E-state index in [-0.39, 0.29) is 19.1 Å². The van der Waals surface area contributed by atoms with Crippen molar-refractivity contribution >= 4 is 27.5 Å². The Kier molecular flexibility index (Phi) is 5.27. The lowest BCUT2D eigenvalue weighted by molar-refractivity contribution is 0.0944. The number of aliphatic hydroxyl groups excluding tert-OH is 1. The Labute approximate surface area is 165 Å². The van der Waals surface area contributed by atoms with Crippen LogP contribution in [-0.2, 0) is 0 Å². The normalized spacial score (nSPS) is 10.8. The summed E-state index contributed by atoms with van der Waals surface area (Å²) in [5.41, 5.74) is 1.56. The number of hydrogen-bond donors (Lipinski definition) is 2. The molecule has 0 unspecified atom stereocenters. The Morgan fingerprint density at radius 2 is 1.93 bits per heavy atom. The molecule has 0 fully saturated rings. The summed E-state index contributed by atoms with van der Waals surface area (Å²) in [4.78, 5) is 22.6. The van der Waals surface area contributed by atoms with Crippen molar-refractivity contribution in [3.63, 3.8) is 0 Å². The molecule has 0 saturated carbocycles. The van der Waals surface area contributed by atoms with Crippen LogP contribution in [0, 0.1) is 0 Å². The average molecular weight is 391 g/mol. The van der Waals surface area contributed by atoms with Gasteiger partial charge < -0.3 is 15.2 Å². The van der Waals surface area contributed by atoms with Crippen LogP contribution >= 0.6 is 11.3 Å². The van der Waals surface area contributed by atoms with E-state index in [0.717, 1.165) is 20.7 Å². The molecule has 7 heteroatoms. The molecule has 0 saturated heterocycles. The van der Waals surface area contributed by atoms with Crippen LogP contribution in [0.3, 0.4) is 0 Å². The van der Waals surface area contributed by atoms with Crippen molar-refractivity contribution in [3.8, 4) is 22.1 Å². The van der Waals surface area contributed by atoms with Crippen LogP contribution in [0.4, 0.5) is 0 Å². The first kappa shape index (κ1) is 18.1. The molecule has 0 radical (unpaired) electrons. The predicted molar refractivity (Wildman–Crippen MR) is 109 cm³/mol. The Balaban J connectivity index is 1.63. The largest absolute Gasteiger partial charge is 0.438 e. The molecule has 6 nitrogen and oxygen atoms in total. The molecule has 0 atom stereocenters. The Hall–Kier alpha value is -3.29. The highest BCUT2D eigenvalue weighted by atomic mass is 32.1. The number of aliphatic hydroxyl groups is 1. The van der Waals surface area contributed by atoms with Gasteiger partial charge >= 0.3 is 0 Å². The van der Waals surface area contributed by atoms with E-state index < -0.39 is 0 Å². The number of rotatable bonds is 6. The molecule has 0 bridgehead atoms. The molecule has 2 heterocycles. The van der Waals surface area contributed by atoms with Crippen LogP contribution in [0.15, 0.2) is 67.0 Å². The van der Waals surface area contributed by atoms with Crippen molar-refractivity contribution < 1.29 is 14.6 Å². The van der Waals surface area contributed by atoms with Gasteiger partial charge in [-0.05, 0) is 29.8 Å². The summed E-state index contributed by atoms with van der Waals surface area (Å²) in [7, 11) is 0. The third-order valence-corrected chi connectivity index (χ3v) is 5.15. The maximum atomic E-state index is 12.1. The van der Waals surface area contributed by atoms with E-state index in [9.17, 15) is 4.79 Å². The van der Waals surface area contributed by atoms with E-state index in [0.29, 0.717) is 17.2 Å². The molecule has 0 spiro atoms. The molecule has 2 aromatic carbocycles. The van der Waals surface area contributed by atoms with Gasteiger partial charge in [-0.2, -0.15) is 0 Å². The van der Waals surface area contributed by atoms with E-state index in [2.05, 4.69) is 15.3 Å². The van der Waals surface area contributed by atoms with Crippen molar-refractivity contribution in [1.82, 2.24) is 15.3 Å². The van der Waals surface area contributed by atoms with Gasteiger partial charge in [0.1, 0.15) is 16.9 Å². The quantitative estimate of drug-likeness (QED) is 0.521. The number of nitrogens with one attached hydrogen (secondary N) is 1. The zero-order chi connectivity index (χ0) is 19.3. The van der Waals surface area contributed by atoms with Crippen molar-refractivity contribution in [2.24, 2.45) is 0 Å². The fourth-order valence-corrected chi connectivity index (χ4v) is 3.74. The summed E-state index contributed by atoms with van der Waals surface area (Å²) < 4.78 is 5.96. The van der Waals surface area contributed by atoms with E-state index in [1.54, 1.807) is 35.6 Å². The lowest BCUT2D eigenvalue weighted by atomic mass is 10.2. The Morgan fingerprint density at radius 3 is 2.75 bits per heavy atom. The second kappa shape index (κ2) is 8.16. The lowest BCUT2D eigenvalue weighted by Crippen LogP contribution is -2.26. The number of carbonyl (C=O) groups is 1. The molecule has 2 aromatic heterocycles.